The van der Waals surface area contributed by atoms with Crippen LogP contribution in [-0.2, 0) is 0 Å². The standard InChI is InChI=1S/C12H12N2O2/c1-13-6-2-3-8-4-5-9-10(7-8)12(16)14-11(9)15/h2-5,7,13H,6H2,1H3,(H,14,15,16). The average Bonchev–Trinajstić information content (AvgIpc) is 2.55. The van der Waals surface area contributed by atoms with Crippen LogP contribution in [0.4, 0.5) is 0 Å². The highest BCUT2D eigenvalue weighted by Crippen LogP contribution is 2.17. The van der Waals surface area contributed by atoms with Crippen molar-refractivity contribution in [1.29, 1.82) is 0 Å². The number of fused-ring (bicyclic) bond motifs is 1. The molecule has 1 aromatic carbocycles. The second kappa shape index (κ2) is 4.28. The van der Waals surface area contributed by atoms with Crippen molar-refractivity contribution in [1.82, 2.24) is 10.6 Å². The molecule has 0 saturated heterocycles. The van der Waals surface area contributed by atoms with Gasteiger partial charge in [0.15, 0.2) is 0 Å². The van der Waals surface area contributed by atoms with E-state index in [9.17, 15) is 9.59 Å². The monoisotopic (exact) mass is 216 g/mol. The zero-order chi connectivity index (χ0) is 11.5. The zero-order valence-corrected chi connectivity index (χ0v) is 8.91. The van der Waals surface area contributed by atoms with Crippen LogP contribution in [0.25, 0.3) is 6.08 Å². The lowest BCUT2D eigenvalue weighted by molar-refractivity contribution is 0.0879. The lowest BCUT2D eigenvalue weighted by Gasteiger charge is -1.97. The van der Waals surface area contributed by atoms with E-state index in [0.29, 0.717) is 11.1 Å². The van der Waals surface area contributed by atoms with Crippen molar-refractivity contribution < 1.29 is 9.59 Å². The smallest absolute Gasteiger partial charge is 0.258 e. The molecule has 0 bridgehead atoms. The third-order valence-corrected chi connectivity index (χ3v) is 2.39. The summed E-state index contributed by atoms with van der Waals surface area (Å²) in [5.74, 6) is -0.630. The van der Waals surface area contributed by atoms with Crippen molar-refractivity contribution in [2.24, 2.45) is 0 Å². The third-order valence-electron chi connectivity index (χ3n) is 2.39. The van der Waals surface area contributed by atoms with E-state index in [-0.39, 0.29) is 11.8 Å². The maximum Gasteiger partial charge on any atom is 0.258 e. The Balaban J connectivity index is 2.30. The molecule has 2 amide bonds. The van der Waals surface area contributed by atoms with E-state index >= 15 is 0 Å². The van der Waals surface area contributed by atoms with Gasteiger partial charge in [-0.3, -0.25) is 14.9 Å². The van der Waals surface area contributed by atoms with Crippen molar-refractivity contribution in [2.75, 3.05) is 13.6 Å². The van der Waals surface area contributed by atoms with Gasteiger partial charge in [-0.1, -0.05) is 18.2 Å². The molecule has 0 radical (unpaired) electrons. The number of hydrogen-bond acceptors (Lipinski definition) is 3. The molecule has 4 nitrogen and oxygen atoms in total. The van der Waals surface area contributed by atoms with Crippen molar-refractivity contribution in [2.45, 2.75) is 0 Å². The molecule has 0 saturated carbocycles. The summed E-state index contributed by atoms with van der Waals surface area (Å²) in [5, 5.41) is 5.25. The highest BCUT2D eigenvalue weighted by molar-refractivity contribution is 6.21. The Kier molecular flexibility index (Phi) is 2.83. The summed E-state index contributed by atoms with van der Waals surface area (Å²) < 4.78 is 0. The van der Waals surface area contributed by atoms with E-state index in [1.807, 2.05) is 25.3 Å². The fraction of sp³-hybridized carbons (Fsp3) is 0.167. The molecule has 16 heavy (non-hydrogen) atoms. The first-order valence-electron chi connectivity index (χ1n) is 5.03. The minimum atomic E-state index is -0.316. The number of rotatable bonds is 3. The Labute approximate surface area is 93.3 Å². The van der Waals surface area contributed by atoms with Crippen LogP contribution in [0.1, 0.15) is 26.3 Å². The van der Waals surface area contributed by atoms with Gasteiger partial charge in [-0.25, -0.2) is 0 Å². The second-order valence-electron chi connectivity index (χ2n) is 3.55. The predicted molar refractivity (Wildman–Crippen MR) is 61.2 cm³/mol. The van der Waals surface area contributed by atoms with Crippen molar-refractivity contribution in [3.05, 3.63) is 41.0 Å². The van der Waals surface area contributed by atoms with Crippen LogP contribution in [0, 0.1) is 0 Å². The molecule has 1 aliphatic heterocycles. The SMILES string of the molecule is CNCC=Cc1ccc2c(c1)C(=O)NC2=O. The molecule has 4 heteroatoms. The maximum atomic E-state index is 11.4. The summed E-state index contributed by atoms with van der Waals surface area (Å²) in [4.78, 5) is 22.7. The van der Waals surface area contributed by atoms with Crippen LogP contribution < -0.4 is 10.6 Å². The highest BCUT2D eigenvalue weighted by Gasteiger charge is 2.26. The maximum absolute atomic E-state index is 11.4. The van der Waals surface area contributed by atoms with E-state index in [1.54, 1.807) is 12.1 Å². The minimum Gasteiger partial charge on any atom is -0.316 e. The summed E-state index contributed by atoms with van der Waals surface area (Å²) in [6.45, 7) is 0.766. The van der Waals surface area contributed by atoms with Crippen molar-refractivity contribution in [3.63, 3.8) is 0 Å². The largest absolute Gasteiger partial charge is 0.316 e. The molecule has 1 aliphatic rings. The molecule has 1 heterocycles. The van der Waals surface area contributed by atoms with E-state index in [0.717, 1.165) is 12.1 Å². The van der Waals surface area contributed by atoms with Crippen LogP contribution >= 0.6 is 0 Å². The highest BCUT2D eigenvalue weighted by atomic mass is 16.2. The van der Waals surface area contributed by atoms with Gasteiger partial charge in [0.05, 0.1) is 11.1 Å². The van der Waals surface area contributed by atoms with Gasteiger partial charge in [0.25, 0.3) is 11.8 Å². The third kappa shape index (κ3) is 1.87. The Morgan fingerprint density at radius 1 is 1.25 bits per heavy atom. The summed E-state index contributed by atoms with van der Waals surface area (Å²) in [5.41, 5.74) is 1.83. The van der Waals surface area contributed by atoms with Gasteiger partial charge in [0.1, 0.15) is 0 Å². The molecular formula is C12H12N2O2. The van der Waals surface area contributed by atoms with Gasteiger partial charge in [0, 0.05) is 6.54 Å². The topological polar surface area (TPSA) is 58.2 Å². The lowest BCUT2D eigenvalue weighted by Crippen LogP contribution is -2.19. The Morgan fingerprint density at radius 3 is 2.75 bits per heavy atom. The van der Waals surface area contributed by atoms with Crippen LogP contribution in [0.3, 0.4) is 0 Å². The Hall–Kier alpha value is -1.94. The molecule has 0 aromatic heterocycles. The van der Waals surface area contributed by atoms with E-state index in [1.165, 1.54) is 0 Å². The van der Waals surface area contributed by atoms with E-state index in [4.69, 9.17) is 0 Å². The number of likely N-dealkylation sites (N-methyl/N-ethyl adjacent to an activating group) is 1. The molecule has 2 N–H and O–H groups in total. The van der Waals surface area contributed by atoms with Crippen molar-refractivity contribution in [3.8, 4) is 0 Å². The number of hydrogen-bond donors (Lipinski definition) is 2. The first-order valence-corrected chi connectivity index (χ1v) is 5.03. The van der Waals surface area contributed by atoms with Crippen LogP contribution in [0.2, 0.25) is 0 Å². The molecule has 0 aliphatic carbocycles. The summed E-state index contributed by atoms with van der Waals surface area (Å²) in [6, 6.07) is 5.22. The zero-order valence-electron chi connectivity index (χ0n) is 8.91. The Bertz CT molecular complexity index is 478. The first kappa shape index (κ1) is 10.6. The molecule has 82 valence electrons. The predicted octanol–water partition coefficient (Wildman–Crippen LogP) is 0.803. The first-order chi connectivity index (χ1) is 7.72. The molecule has 2 rings (SSSR count). The van der Waals surface area contributed by atoms with Gasteiger partial charge in [-0.05, 0) is 24.7 Å². The summed E-state index contributed by atoms with van der Waals surface area (Å²) >= 11 is 0. The summed E-state index contributed by atoms with van der Waals surface area (Å²) in [6.07, 6.45) is 3.86. The second-order valence-corrected chi connectivity index (χ2v) is 3.55. The van der Waals surface area contributed by atoms with Gasteiger partial charge in [-0.2, -0.15) is 0 Å². The lowest BCUT2D eigenvalue weighted by atomic mass is 10.1. The minimum absolute atomic E-state index is 0.314. The molecule has 0 atom stereocenters. The number of carbonyl (C=O) groups is 2. The molecular weight excluding hydrogens is 204 g/mol. The molecule has 0 spiro atoms. The van der Waals surface area contributed by atoms with Gasteiger partial charge >= 0.3 is 0 Å². The molecule has 0 fully saturated rings. The Morgan fingerprint density at radius 2 is 2.00 bits per heavy atom. The van der Waals surface area contributed by atoms with Gasteiger partial charge in [0.2, 0.25) is 0 Å². The fourth-order valence-corrected chi connectivity index (χ4v) is 1.60. The number of benzene rings is 1. The normalized spacial score (nSPS) is 14.3. The molecule has 1 aromatic rings. The fourth-order valence-electron chi connectivity index (χ4n) is 1.60. The van der Waals surface area contributed by atoms with Gasteiger partial charge < -0.3 is 5.32 Å². The van der Waals surface area contributed by atoms with E-state index in [2.05, 4.69) is 10.6 Å². The van der Waals surface area contributed by atoms with Gasteiger partial charge in [-0.15, -0.1) is 0 Å². The number of carbonyl (C=O) groups excluding carboxylic acids is 2. The summed E-state index contributed by atoms with van der Waals surface area (Å²) in [7, 11) is 1.86. The molecule has 0 unspecified atom stereocenters. The number of amides is 2. The van der Waals surface area contributed by atoms with Crippen LogP contribution in [0.15, 0.2) is 24.3 Å². The average molecular weight is 216 g/mol. The van der Waals surface area contributed by atoms with Crippen LogP contribution in [0.5, 0.6) is 0 Å². The van der Waals surface area contributed by atoms with E-state index < -0.39 is 0 Å². The van der Waals surface area contributed by atoms with Crippen LogP contribution in [-0.4, -0.2) is 25.4 Å². The number of nitrogens with one attached hydrogen (secondary N) is 2. The quantitative estimate of drug-likeness (QED) is 0.735. The number of imide groups is 1. The van der Waals surface area contributed by atoms with Crippen molar-refractivity contribution >= 4 is 17.9 Å².